The van der Waals surface area contributed by atoms with E-state index in [9.17, 15) is 4.39 Å². The molecule has 0 atom stereocenters. The molecule has 68 valence electrons. The summed E-state index contributed by atoms with van der Waals surface area (Å²) in [6.45, 7) is 2.04. The average molecular weight is 198 g/mol. The Hall–Kier alpha value is -1.02. The molecule has 3 heteroatoms. The minimum Gasteiger partial charge on any atom is -0.358 e. The zero-order chi connectivity index (χ0) is 9.42. The highest BCUT2D eigenvalue weighted by atomic mass is 35.5. The Kier molecular flexibility index (Phi) is 2.00. The number of halogens is 2. The van der Waals surface area contributed by atoms with E-state index >= 15 is 0 Å². The van der Waals surface area contributed by atoms with Gasteiger partial charge in [0.2, 0.25) is 0 Å². The summed E-state index contributed by atoms with van der Waals surface area (Å²) >= 11 is 5.65. The maximum atomic E-state index is 13.4. The van der Waals surface area contributed by atoms with Gasteiger partial charge in [-0.15, -0.1) is 0 Å². The molecule has 0 radical (unpaired) electrons. The molecule has 0 saturated carbocycles. The van der Waals surface area contributed by atoms with Crippen LogP contribution in [0.2, 0.25) is 5.02 Å². The first-order chi connectivity index (χ1) is 6.24. The third kappa shape index (κ3) is 1.22. The van der Waals surface area contributed by atoms with Crippen LogP contribution in [0.1, 0.15) is 12.5 Å². The topological polar surface area (TPSA) is 15.8 Å². The number of aromatic amines is 1. The van der Waals surface area contributed by atoms with E-state index in [1.165, 1.54) is 0 Å². The van der Waals surface area contributed by atoms with Gasteiger partial charge in [0.25, 0.3) is 0 Å². The van der Waals surface area contributed by atoms with E-state index in [4.69, 9.17) is 11.6 Å². The van der Waals surface area contributed by atoms with Gasteiger partial charge in [0.05, 0.1) is 10.5 Å². The van der Waals surface area contributed by atoms with E-state index in [1.54, 1.807) is 6.07 Å². The van der Waals surface area contributed by atoms with Gasteiger partial charge in [-0.05, 0) is 18.1 Å². The van der Waals surface area contributed by atoms with E-state index in [1.807, 2.05) is 19.2 Å². The average Bonchev–Trinajstić information content (AvgIpc) is 2.55. The lowest BCUT2D eigenvalue weighted by Crippen LogP contribution is -1.80. The van der Waals surface area contributed by atoms with Crippen LogP contribution in [0.4, 0.5) is 4.39 Å². The summed E-state index contributed by atoms with van der Waals surface area (Å²) in [5.41, 5.74) is 1.62. The third-order valence-corrected chi connectivity index (χ3v) is 2.50. The smallest absolute Gasteiger partial charge is 0.165 e. The quantitative estimate of drug-likeness (QED) is 0.720. The molecule has 1 nitrogen and oxygen atoms in total. The minimum atomic E-state index is -0.362. The Labute approximate surface area is 80.5 Å². The van der Waals surface area contributed by atoms with E-state index < -0.39 is 0 Å². The predicted octanol–water partition coefficient (Wildman–Crippen LogP) is 3.52. The lowest BCUT2D eigenvalue weighted by Gasteiger charge is -1.96. The van der Waals surface area contributed by atoms with Gasteiger partial charge in [-0.3, -0.25) is 0 Å². The molecule has 0 saturated heterocycles. The van der Waals surface area contributed by atoms with Crippen molar-refractivity contribution in [2.24, 2.45) is 0 Å². The Morgan fingerprint density at radius 1 is 1.46 bits per heavy atom. The lowest BCUT2D eigenvalue weighted by molar-refractivity contribution is 0.638. The van der Waals surface area contributed by atoms with Crippen molar-refractivity contribution in [2.75, 3.05) is 0 Å². The van der Waals surface area contributed by atoms with Gasteiger partial charge in [0.1, 0.15) is 0 Å². The number of nitrogens with one attached hydrogen (secondary N) is 1. The Balaban J connectivity index is 2.81. The molecule has 0 aliphatic carbocycles. The van der Waals surface area contributed by atoms with Gasteiger partial charge < -0.3 is 4.98 Å². The molecular weight excluding hydrogens is 189 g/mol. The van der Waals surface area contributed by atoms with Gasteiger partial charge in [0, 0.05) is 11.6 Å². The maximum absolute atomic E-state index is 13.4. The zero-order valence-corrected chi connectivity index (χ0v) is 7.95. The summed E-state index contributed by atoms with van der Waals surface area (Å²) in [5, 5.41) is 1.08. The SMILES string of the molecule is CCc1c[nH]c2c(F)c(Cl)ccc12. The summed E-state index contributed by atoms with van der Waals surface area (Å²) < 4.78 is 13.4. The minimum absolute atomic E-state index is 0.164. The van der Waals surface area contributed by atoms with E-state index in [-0.39, 0.29) is 10.8 Å². The van der Waals surface area contributed by atoms with Crippen molar-refractivity contribution in [1.82, 2.24) is 4.98 Å². The predicted molar refractivity (Wildman–Crippen MR) is 52.6 cm³/mol. The van der Waals surface area contributed by atoms with Crippen LogP contribution in [0.15, 0.2) is 18.3 Å². The van der Waals surface area contributed by atoms with Crippen LogP contribution >= 0.6 is 11.6 Å². The van der Waals surface area contributed by atoms with Crippen molar-refractivity contribution in [2.45, 2.75) is 13.3 Å². The van der Waals surface area contributed by atoms with Crippen molar-refractivity contribution in [3.8, 4) is 0 Å². The van der Waals surface area contributed by atoms with Gasteiger partial charge >= 0.3 is 0 Å². The fraction of sp³-hybridized carbons (Fsp3) is 0.200. The fourth-order valence-corrected chi connectivity index (χ4v) is 1.65. The molecule has 1 aromatic carbocycles. The van der Waals surface area contributed by atoms with Crippen LogP contribution in [0.5, 0.6) is 0 Å². The summed E-state index contributed by atoms with van der Waals surface area (Å²) in [7, 11) is 0. The Morgan fingerprint density at radius 2 is 2.23 bits per heavy atom. The Morgan fingerprint density at radius 3 is 2.92 bits per heavy atom. The van der Waals surface area contributed by atoms with Crippen molar-refractivity contribution in [3.63, 3.8) is 0 Å². The normalized spacial score (nSPS) is 11.0. The largest absolute Gasteiger partial charge is 0.358 e. The van der Waals surface area contributed by atoms with Gasteiger partial charge in [-0.1, -0.05) is 24.6 Å². The number of fused-ring (bicyclic) bond motifs is 1. The highest BCUT2D eigenvalue weighted by Gasteiger charge is 2.08. The molecule has 2 rings (SSSR count). The van der Waals surface area contributed by atoms with Crippen LogP contribution < -0.4 is 0 Å². The zero-order valence-electron chi connectivity index (χ0n) is 7.20. The molecular formula is C10H9ClFN. The molecule has 0 spiro atoms. The molecule has 0 fully saturated rings. The monoisotopic (exact) mass is 197 g/mol. The van der Waals surface area contributed by atoms with Crippen LogP contribution in [0.3, 0.4) is 0 Å². The lowest BCUT2D eigenvalue weighted by atomic mass is 10.1. The molecule has 0 bridgehead atoms. The number of H-pyrrole nitrogens is 1. The molecule has 0 aliphatic heterocycles. The van der Waals surface area contributed by atoms with Crippen LogP contribution in [0, 0.1) is 5.82 Å². The maximum Gasteiger partial charge on any atom is 0.165 e. The number of hydrogen-bond donors (Lipinski definition) is 1. The first-order valence-corrected chi connectivity index (χ1v) is 4.55. The van der Waals surface area contributed by atoms with E-state index in [2.05, 4.69) is 4.98 Å². The Bertz CT molecular complexity index is 447. The second-order valence-electron chi connectivity index (χ2n) is 2.95. The number of rotatable bonds is 1. The van der Waals surface area contributed by atoms with Crippen molar-refractivity contribution in [3.05, 3.63) is 34.7 Å². The summed E-state index contributed by atoms with van der Waals surface area (Å²) in [5.74, 6) is -0.362. The van der Waals surface area contributed by atoms with Gasteiger partial charge in [-0.25, -0.2) is 4.39 Å². The van der Waals surface area contributed by atoms with Gasteiger partial charge in [0.15, 0.2) is 5.82 Å². The second kappa shape index (κ2) is 3.04. The molecule has 13 heavy (non-hydrogen) atoms. The van der Waals surface area contributed by atoms with Gasteiger partial charge in [-0.2, -0.15) is 0 Å². The highest BCUT2D eigenvalue weighted by Crippen LogP contribution is 2.26. The molecule has 2 aromatic rings. The van der Waals surface area contributed by atoms with Crippen LogP contribution in [-0.4, -0.2) is 4.98 Å². The summed E-state index contributed by atoms with van der Waals surface area (Å²) in [6, 6.07) is 3.43. The van der Waals surface area contributed by atoms with Crippen molar-refractivity contribution >= 4 is 22.5 Å². The molecule has 0 amide bonds. The molecule has 0 aliphatic rings. The summed E-state index contributed by atoms with van der Waals surface area (Å²) in [4.78, 5) is 2.89. The first kappa shape index (κ1) is 8.57. The fourth-order valence-electron chi connectivity index (χ4n) is 1.49. The summed E-state index contributed by atoms with van der Waals surface area (Å²) in [6.07, 6.45) is 2.71. The third-order valence-electron chi connectivity index (χ3n) is 2.21. The van der Waals surface area contributed by atoms with E-state index in [0.29, 0.717) is 5.52 Å². The van der Waals surface area contributed by atoms with Crippen LogP contribution in [-0.2, 0) is 6.42 Å². The number of aromatic nitrogens is 1. The highest BCUT2D eigenvalue weighted by molar-refractivity contribution is 6.31. The number of hydrogen-bond acceptors (Lipinski definition) is 0. The van der Waals surface area contributed by atoms with Crippen molar-refractivity contribution < 1.29 is 4.39 Å². The van der Waals surface area contributed by atoms with Crippen LogP contribution in [0.25, 0.3) is 10.9 Å². The first-order valence-electron chi connectivity index (χ1n) is 4.18. The van der Waals surface area contributed by atoms with E-state index in [0.717, 1.165) is 17.4 Å². The van der Waals surface area contributed by atoms with Crippen molar-refractivity contribution in [1.29, 1.82) is 0 Å². The number of aryl methyl sites for hydroxylation is 1. The molecule has 1 aromatic heterocycles. The molecule has 1 N–H and O–H groups in total. The molecule has 1 heterocycles. The standard InChI is InChI=1S/C10H9ClFN/c1-2-6-5-13-10-7(6)3-4-8(11)9(10)12/h3-5,13H,2H2,1H3. The second-order valence-corrected chi connectivity index (χ2v) is 3.36. The number of benzene rings is 1. The molecule has 0 unspecified atom stereocenters.